The fourth-order valence-corrected chi connectivity index (χ4v) is 0.982. The van der Waals surface area contributed by atoms with Gasteiger partial charge in [0.1, 0.15) is 0 Å². The molecule has 0 fully saturated rings. The molecule has 0 saturated heterocycles. The van der Waals surface area contributed by atoms with Crippen molar-refractivity contribution in [3.05, 3.63) is 60.8 Å². The van der Waals surface area contributed by atoms with E-state index in [1.165, 1.54) is 13.0 Å². The molecule has 1 nitrogen and oxygen atoms in total. The Labute approximate surface area is 98.6 Å². The van der Waals surface area contributed by atoms with Crippen molar-refractivity contribution in [2.45, 2.75) is 26.7 Å². The van der Waals surface area contributed by atoms with Crippen molar-refractivity contribution < 1.29 is 4.79 Å². The lowest BCUT2D eigenvalue weighted by Crippen LogP contribution is -1.77. The van der Waals surface area contributed by atoms with Crippen LogP contribution in [0.4, 0.5) is 0 Å². The Balaban J connectivity index is 3.64. The monoisotopic (exact) mass is 216 g/mol. The summed E-state index contributed by atoms with van der Waals surface area (Å²) in [5.41, 5.74) is 0. The van der Waals surface area contributed by atoms with Crippen LogP contribution in [-0.4, -0.2) is 5.78 Å². The van der Waals surface area contributed by atoms with Crippen LogP contribution in [-0.2, 0) is 4.79 Å². The second-order valence-electron chi connectivity index (χ2n) is 3.31. The predicted octanol–water partition coefficient (Wildman–Crippen LogP) is 4.16. The SMILES string of the molecule is C/C=C/CC/C=C/C=C/C=C/C=C/C(C)=O. The molecule has 0 N–H and O–H groups in total. The van der Waals surface area contributed by atoms with E-state index >= 15 is 0 Å². The highest BCUT2D eigenvalue weighted by Crippen LogP contribution is 1.93. The van der Waals surface area contributed by atoms with Gasteiger partial charge in [-0.3, -0.25) is 4.79 Å². The summed E-state index contributed by atoms with van der Waals surface area (Å²) in [5, 5.41) is 0. The van der Waals surface area contributed by atoms with Crippen LogP contribution < -0.4 is 0 Å². The van der Waals surface area contributed by atoms with E-state index in [-0.39, 0.29) is 5.78 Å². The zero-order valence-corrected chi connectivity index (χ0v) is 10.1. The molecule has 0 atom stereocenters. The highest BCUT2D eigenvalue weighted by Gasteiger charge is 1.75. The van der Waals surface area contributed by atoms with Gasteiger partial charge in [0.25, 0.3) is 0 Å². The molecular weight excluding hydrogens is 196 g/mol. The topological polar surface area (TPSA) is 17.1 Å². The van der Waals surface area contributed by atoms with Crippen LogP contribution >= 0.6 is 0 Å². The molecular formula is C15H20O. The molecule has 0 unspecified atom stereocenters. The van der Waals surface area contributed by atoms with Crippen LogP contribution in [0.2, 0.25) is 0 Å². The molecule has 0 bridgehead atoms. The summed E-state index contributed by atoms with van der Waals surface area (Å²) >= 11 is 0. The van der Waals surface area contributed by atoms with Crippen LogP contribution in [0.25, 0.3) is 0 Å². The molecule has 16 heavy (non-hydrogen) atoms. The van der Waals surface area contributed by atoms with Crippen molar-refractivity contribution in [2.75, 3.05) is 0 Å². The van der Waals surface area contributed by atoms with E-state index in [2.05, 4.69) is 18.2 Å². The number of rotatable bonds is 7. The maximum atomic E-state index is 10.5. The lowest BCUT2D eigenvalue weighted by atomic mass is 10.2. The number of carbonyl (C=O) groups is 1. The first-order valence-electron chi connectivity index (χ1n) is 5.55. The first-order valence-corrected chi connectivity index (χ1v) is 5.55. The minimum atomic E-state index is 0.0671. The molecule has 0 aliphatic carbocycles. The minimum absolute atomic E-state index is 0.0671. The van der Waals surface area contributed by atoms with Gasteiger partial charge in [0.05, 0.1) is 0 Å². The van der Waals surface area contributed by atoms with Crippen molar-refractivity contribution in [1.82, 2.24) is 0 Å². The van der Waals surface area contributed by atoms with Crippen LogP contribution in [0.15, 0.2) is 60.8 Å². The molecule has 0 amide bonds. The third-order valence-electron chi connectivity index (χ3n) is 1.76. The lowest BCUT2D eigenvalue weighted by molar-refractivity contribution is -0.112. The predicted molar refractivity (Wildman–Crippen MR) is 71.3 cm³/mol. The zero-order valence-electron chi connectivity index (χ0n) is 10.1. The minimum Gasteiger partial charge on any atom is -0.295 e. The van der Waals surface area contributed by atoms with Crippen molar-refractivity contribution in [1.29, 1.82) is 0 Å². The normalized spacial score (nSPS) is 13.1. The maximum absolute atomic E-state index is 10.5. The largest absolute Gasteiger partial charge is 0.295 e. The van der Waals surface area contributed by atoms with E-state index in [0.29, 0.717) is 0 Å². The van der Waals surface area contributed by atoms with Crippen molar-refractivity contribution in [3.63, 3.8) is 0 Å². The first kappa shape index (κ1) is 14.4. The molecule has 0 spiro atoms. The average molecular weight is 216 g/mol. The summed E-state index contributed by atoms with van der Waals surface area (Å²) < 4.78 is 0. The second kappa shape index (κ2) is 11.4. The number of hydrogen-bond acceptors (Lipinski definition) is 1. The molecule has 0 aromatic rings. The maximum Gasteiger partial charge on any atom is 0.152 e. The molecule has 86 valence electrons. The van der Waals surface area contributed by atoms with Gasteiger partial charge in [0.2, 0.25) is 0 Å². The van der Waals surface area contributed by atoms with E-state index in [1.807, 2.05) is 37.3 Å². The second-order valence-corrected chi connectivity index (χ2v) is 3.31. The fraction of sp³-hybridized carbons (Fsp3) is 0.267. The van der Waals surface area contributed by atoms with Gasteiger partial charge in [-0.2, -0.15) is 0 Å². The number of carbonyl (C=O) groups excluding carboxylic acids is 1. The number of allylic oxidation sites excluding steroid dienone is 10. The third-order valence-corrected chi connectivity index (χ3v) is 1.76. The van der Waals surface area contributed by atoms with E-state index in [1.54, 1.807) is 6.08 Å². The standard InChI is InChI=1S/C15H20O/c1-3-4-5-6-7-8-9-10-11-12-13-14-15(2)16/h3-4,7-14H,5-6H2,1-2H3/b4-3+,8-7+,10-9+,12-11+,14-13+. The molecule has 0 radical (unpaired) electrons. The van der Waals surface area contributed by atoms with Gasteiger partial charge in [-0.05, 0) is 32.8 Å². The highest BCUT2D eigenvalue weighted by molar-refractivity contribution is 5.87. The van der Waals surface area contributed by atoms with E-state index in [9.17, 15) is 4.79 Å². The lowest BCUT2D eigenvalue weighted by Gasteiger charge is -1.82. The summed E-state index contributed by atoms with van der Waals surface area (Å²) in [4.78, 5) is 10.5. The fourth-order valence-electron chi connectivity index (χ4n) is 0.982. The van der Waals surface area contributed by atoms with Gasteiger partial charge in [0.15, 0.2) is 5.78 Å². The zero-order chi connectivity index (χ0) is 12.1. The number of hydrogen-bond donors (Lipinski definition) is 0. The third kappa shape index (κ3) is 12.4. The van der Waals surface area contributed by atoms with Crippen LogP contribution in [0.5, 0.6) is 0 Å². The smallest absolute Gasteiger partial charge is 0.152 e. The van der Waals surface area contributed by atoms with E-state index < -0.39 is 0 Å². The quantitative estimate of drug-likeness (QED) is 0.270. The summed E-state index contributed by atoms with van der Waals surface area (Å²) in [6, 6.07) is 0. The van der Waals surface area contributed by atoms with Gasteiger partial charge < -0.3 is 0 Å². The Morgan fingerprint density at radius 1 is 0.875 bits per heavy atom. The summed E-state index contributed by atoms with van der Waals surface area (Å²) in [6.45, 7) is 3.57. The van der Waals surface area contributed by atoms with Crippen LogP contribution in [0.3, 0.4) is 0 Å². The van der Waals surface area contributed by atoms with Crippen LogP contribution in [0, 0.1) is 0 Å². The van der Waals surface area contributed by atoms with Crippen molar-refractivity contribution >= 4 is 5.78 Å². The van der Waals surface area contributed by atoms with E-state index in [0.717, 1.165) is 12.8 Å². The molecule has 0 aliphatic rings. The average Bonchev–Trinajstić information content (AvgIpc) is 2.25. The van der Waals surface area contributed by atoms with E-state index in [4.69, 9.17) is 0 Å². The van der Waals surface area contributed by atoms with Crippen molar-refractivity contribution in [3.8, 4) is 0 Å². The molecule has 0 aromatic carbocycles. The Morgan fingerprint density at radius 3 is 2.06 bits per heavy atom. The Bertz CT molecular complexity index is 314. The Hall–Kier alpha value is -1.63. The van der Waals surface area contributed by atoms with Gasteiger partial charge in [0, 0.05) is 0 Å². The van der Waals surface area contributed by atoms with Gasteiger partial charge >= 0.3 is 0 Å². The van der Waals surface area contributed by atoms with Gasteiger partial charge in [-0.15, -0.1) is 0 Å². The molecule has 0 heterocycles. The molecule has 0 saturated carbocycles. The summed E-state index contributed by atoms with van der Waals surface area (Å²) in [7, 11) is 0. The molecule has 0 aromatic heterocycles. The number of unbranched alkanes of at least 4 members (excludes halogenated alkanes) is 1. The molecule has 1 heteroatoms. The van der Waals surface area contributed by atoms with Gasteiger partial charge in [-0.25, -0.2) is 0 Å². The summed E-state index contributed by atoms with van der Waals surface area (Å²) in [5.74, 6) is 0.0671. The number of ketones is 1. The first-order chi connectivity index (χ1) is 7.77. The summed E-state index contributed by atoms with van der Waals surface area (Å²) in [6.07, 6.45) is 21.5. The molecule has 0 rings (SSSR count). The Morgan fingerprint density at radius 2 is 1.44 bits per heavy atom. The van der Waals surface area contributed by atoms with Gasteiger partial charge in [-0.1, -0.05) is 54.7 Å². The molecule has 0 aliphatic heterocycles. The Kier molecular flexibility index (Phi) is 10.3. The van der Waals surface area contributed by atoms with Crippen LogP contribution in [0.1, 0.15) is 26.7 Å². The highest BCUT2D eigenvalue weighted by atomic mass is 16.1. The van der Waals surface area contributed by atoms with Crippen molar-refractivity contribution in [2.24, 2.45) is 0 Å².